The number of fused-ring (bicyclic) bond motifs is 2. The van der Waals surface area contributed by atoms with Gasteiger partial charge in [-0.2, -0.15) is 0 Å². The Bertz CT molecular complexity index is 1290. The van der Waals surface area contributed by atoms with Crippen LogP contribution in [0.1, 0.15) is 25.3 Å². The summed E-state index contributed by atoms with van der Waals surface area (Å²) in [6.45, 7) is 4.76. The highest BCUT2D eigenvalue weighted by Gasteiger charge is 2.31. The number of amides is 1. The van der Waals surface area contributed by atoms with Crippen molar-refractivity contribution in [1.29, 1.82) is 0 Å². The highest BCUT2D eigenvalue weighted by molar-refractivity contribution is 7.09. The van der Waals surface area contributed by atoms with Gasteiger partial charge in [0.15, 0.2) is 6.10 Å². The van der Waals surface area contributed by atoms with Crippen molar-refractivity contribution in [2.75, 3.05) is 18.1 Å². The van der Waals surface area contributed by atoms with Gasteiger partial charge < -0.3 is 14.4 Å². The molecule has 168 valence electrons. The van der Waals surface area contributed by atoms with E-state index in [0.717, 1.165) is 51.3 Å². The Balaban J connectivity index is 1.38. The molecule has 0 fully saturated rings. The number of carbonyl (C=O) groups excluding carboxylic acids is 1. The van der Waals surface area contributed by atoms with E-state index in [1.54, 1.807) is 23.2 Å². The van der Waals surface area contributed by atoms with Gasteiger partial charge in [0.1, 0.15) is 18.1 Å². The molecule has 5 rings (SSSR count). The van der Waals surface area contributed by atoms with E-state index in [4.69, 9.17) is 14.5 Å². The monoisotopic (exact) mass is 458 g/mol. The molecule has 1 aliphatic rings. The molecule has 5 nitrogen and oxygen atoms in total. The molecule has 0 spiro atoms. The zero-order chi connectivity index (χ0) is 22.8. The van der Waals surface area contributed by atoms with Crippen molar-refractivity contribution in [2.24, 2.45) is 0 Å². The number of hydrogen-bond acceptors (Lipinski definition) is 5. The van der Waals surface area contributed by atoms with Gasteiger partial charge in [-0.1, -0.05) is 43.3 Å². The number of benzene rings is 3. The van der Waals surface area contributed by atoms with Gasteiger partial charge in [0, 0.05) is 16.3 Å². The quantitative estimate of drug-likeness (QED) is 0.335. The van der Waals surface area contributed by atoms with Crippen molar-refractivity contribution in [2.45, 2.75) is 32.8 Å². The van der Waals surface area contributed by atoms with Crippen LogP contribution in [0.3, 0.4) is 0 Å². The van der Waals surface area contributed by atoms with Crippen LogP contribution in [0.15, 0.2) is 66.0 Å². The molecule has 0 N–H and O–H groups in total. The van der Waals surface area contributed by atoms with Crippen molar-refractivity contribution in [3.05, 3.63) is 71.1 Å². The standard InChI is InChI=1S/C27H26N2O3S/c1-3-7-26-28-22(17-33-26)20-12-13-25-23(16-20)29(27(30)18(2)32-25)14-15-31-24-11-6-9-19-8-4-5-10-21(19)24/h4-6,8-13,16-18H,3,7,14-15H2,1-2H3. The Morgan fingerprint density at radius 1 is 1.12 bits per heavy atom. The van der Waals surface area contributed by atoms with E-state index in [-0.39, 0.29) is 5.91 Å². The predicted octanol–water partition coefficient (Wildman–Crippen LogP) is 6.11. The third-order valence-corrected chi connectivity index (χ3v) is 6.71. The van der Waals surface area contributed by atoms with Crippen LogP contribution in [0.5, 0.6) is 11.5 Å². The zero-order valence-electron chi connectivity index (χ0n) is 18.8. The highest BCUT2D eigenvalue weighted by Crippen LogP contribution is 2.38. The Hall–Kier alpha value is -3.38. The van der Waals surface area contributed by atoms with Crippen molar-refractivity contribution in [3.63, 3.8) is 0 Å². The first kappa shape index (κ1) is 21.5. The predicted molar refractivity (Wildman–Crippen MR) is 133 cm³/mol. The minimum Gasteiger partial charge on any atom is -0.491 e. The molecule has 33 heavy (non-hydrogen) atoms. The highest BCUT2D eigenvalue weighted by atomic mass is 32.1. The molecule has 1 atom stereocenters. The largest absolute Gasteiger partial charge is 0.491 e. The second kappa shape index (κ2) is 9.24. The van der Waals surface area contributed by atoms with Gasteiger partial charge in [-0.3, -0.25) is 4.79 Å². The summed E-state index contributed by atoms with van der Waals surface area (Å²) in [7, 11) is 0. The van der Waals surface area contributed by atoms with Crippen LogP contribution in [0.25, 0.3) is 22.0 Å². The number of rotatable bonds is 7. The van der Waals surface area contributed by atoms with E-state index in [1.807, 2.05) is 42.5 Å². The molecular weight excluding hydrogens is 432 g/mol. The SMILES string of the molecule is CCCc1nc(-c2ccc3c(c2)N(CCOc2cccc4ccccc24)C(=O)C(C)O3)cs1. The van der Waals surface area contributed by atoms with Gasteiger partial charge in [0.05, 0.1) is 22.9 Å². The van der Waals surface area contributed by atoms with Crippen LogP contribution in [0.2, 0.25) is 0 Å². The van der Waals surface area contributed by atoms with Gasteiger partial charge in [-0.05, 0) is 49.4 Å². The van der Waals surface area contributed by atoms with Gasteiger partial charge in [-0.25, -0.2) is 4.98 Å². The third-order valence-electron chi connectivity index (χ3n) is 5.80. The lowest BCUT2D eigenvalue weighted by molar-refractivity contribution is -0.125. The van der Waals surface area contributed by atoms with Gasteiger partial charge >= 0.3 is 0 Å². The molecule has 0 saturated heterocycles. The normalized spacial score (nSPS) is 15.4. The van der Waals surface area contributed by atoms with Gasteiger partial charge in [0.25, 0.3) is 5.91 Å². The molecule has 0 saturated carbocycles. The maximum atomic E-state index is 13.0. The molecule has 3 aromatic carbocycles. The molecule has 1 amide bonds. The summed E-state index contributed by atoms with van der Waals surface area (Å²) in [6, 6.07) is 20.1. The first-order chi connectivity index (χ1) is 16.1. The first-order valence-corrected chi connectivity index (χ1v) is 12.2. The van der Waals surface area contributed by atoms with Crippen LogP contribution >= 0.6 is 11.3 Å². The molecule has 0 radical (unpaired) electrons. The fourth-order valence-corrected chi connectivity index (χ4v) is 5.05. The average molecular weight is 459 g/mol. The lowest BCUT2D eigenvalue weighted by Gasteiger charge is -2.33. The van der Waals surface area contributed by atoms with E-state index >= 15 is 0 Å². The molecule has 2 heterocycles. The topological polar surface area (TPSA) is 51.7 Å². The Kier molecular flexibility index (Phi) is 6.01. The minimum atomic E-state index is -0.531. The second-order valence-electron chi connectivity index (χ2n) is 8.13. The van der Waals surface area contributed by atoms with Crippen molar-refractivity contribution in [1.82, 2.24) is 4.98 Å². The molecule has 1 unspecified atom stereocenters. The average Bonchev–Trinajstić information content (AvgIpc) is 3.30. The Morgan fingerprint density at radius 2 is 1.97 bits per heavy atom. The number of ether oxygens (including phenoxy) is 2. The van der Waals surface area contributed by atoms with Gasteiger partial charge in [0.2, 0.25) is 0 Å². The van der Waals surface area contributed by atoms with Crippen LogP contribution < -0.4 is 14.4 Å². The number of aromatic nitrogens is 1. The first-order valence-electron chi connectivity index (χ1n) is 11.3. The molecule has 1 aromatic heterocycles. The number of thiazole rings is 1. The van der Waals surface area contributed by atoms with Gasteiger partial charge in [-0.15, -0.1) is 11.3 Å². The van der Waals surface area contributed by atoms with E-state index in [9.17, 15) is 4.79 Å². The van der Waals surface area contributed by atoms with Crippen LogP contribution in [-0.4, -0.2) is 30.1 Å². The maximum absolute atomic E-state index is 13.0. The van der Waals surface area contributed by atoms with Crippen molar-refractivity contribution >= 4 is 33.7 Å². The smallest absolute Gasteiger partial charge is 0.267 e. The Morgan fingerprint density at radius 3 is 2.85 bits per heavy atom. The summed E-state index contributed by atoms with van der Waals surface area (Å²) in [5, 5.41) is 5.41. The Labute approximate surface area is 197 Å². The molecule has 0 bridgehead atoms. The van der Waals surface area contributed by atoms with E-state index < -0.39 is 6.10 Å². The molecule has 0 aliphatic carbocycles. The van der Waals surface area contributed by atoms with E-state index in [0.29, 0.717) is 18.9 Å². The lowest BCUT2D eigenvalue weighted by atomic mass is 10.1. The van der Waals surface area contributed by atoms with Crippen molar-refractivity contribution < 1.29 is 14.3 Å². The maximum Gasteiger partial charge on any atom is 0.267 e. The van der Waals surface area contributed by atoms with Crippen LogP contribution in [0.4, 0.5) is 5.69 Å². The van der Waals surface area contributed by atoms with E-state index in [1.165, 1.54) is 0 Å². The number of nitrogens with zero attached hydrogens (tertiary/aromatic N) is 2. The number of carbonyl (C=O) groups is 1. The summed E-state index contributed by atoms with van der Waals surface area (Å²) in [5.74, 6) is 1.47. The summed E-state index contributed by atoms with van der Waals surface area (Å²) in [4.78, 5) is 19.5. The summed E-state index contributed by atoms with van der Waals surface area (Å²) >= 11 is 1.68. The lowest BCUT2D eigenvalue weighted by Crippen LogP contribution is -2.46. The van der Waals surface area contributed by atoms with Crippen LogP contribution in [0, 0.1) is 0 Å². The minimum absolute atomic E-state index is 0.0638. The van der Waals surface area contributed by atoms with E-state index in [2.05, 4.69) is 30.5 Å². The molecular formula is C27H26N2O3S. The number of hydrogen-bond donors (Lipinski definition) is 0. The summed E-state index contributed by atoms with van der Waals surface area (Å²) in [6.07, 6.45) is 1.52. The third kappa shape index (κ3) is 4.31. The number of anilines is 1. The number of aryl methyl sites for hydroxylation is 1. The van der Waals surface area contributed by atoms with Crippen molar-refractivity contribution in [3.8, 4) is 22.8 Å². The van der Waals surface area contributed by atoms with Crippen LogP contribution in [-0.2, 0) is 11.2 Å². The summed E-state index contributed by atoms with van der Waals surface area (Å²) in [5.41, 5.74) is 2.68. The summed E-state index contributed by atoms with van der Waals surface area (Å²) < 4.78 is 12.0. The second-order valence-corrected chi connectivity index (χ2v) is 9.08. The zero-order valence-corrected chi connectivity index (χ0v) is 19.6. The fourth-order valence-electron chi connectivity index (χ4n) is 4.14. The molecule has 6 heteroatoms. The molecule has 4 aromatic rings. The molecule has 1 aliphatic heterocycles. The fraction of sp³-hybridized carbons (Fsp3) is 0.259.